The summed E-state index contributed by atoms with van der Waals surface area (Å²) in [6.45, 7) is -0.280. The molecule has 0 spiro atoms. The van der Waals surface area contributed by atoms with Crippen molar-refractivity contribution in [2.45, 2.75) is 6.61 Å². The van der Waals surface area contributed by atoms with Crippen LogP contribution in [0.3, 0.4) is 0 Å². The second-order valence-electron chi connectivity index (χ2n) is 5.13. The van der Waals surface area contributed by atoms with Crippen LogP contribution in [0.4, 0.5) is 8.78 Å². The van der Waals surface area contributed by atoms with Gasteiger partial charge in [0.25, 0.3) is 11.8 Å². The van der Waals surface area contributed by atoms with Crippen LogP contribution >= 0.6 is 0 Å². The zero-order valence-corrected chi connectivity index (χ0v) is 13.5. The van der Waals surface area contributed by atoms with Gasteiger partial charge in [-0.3, -0.25) is 4.79 Å². The maximum atomic E-state index is 14.1. The summed E-state index contributed by atoms with van der Waals surface area (Å²) in [7, 11) is 1.53. The molecule has 1 amide bonds. The van der Waals surface area contributed by atoms with Gasteiger partial charge in [0.15, 0.2) is 18.2 Å². The van der Waals surface area contributed by atoms with E-state index in [4.69, 9.17) is 19.7 Å². The summed E-state index contributed by atoms with van der Waals surface area (Å²) in [5, 5.41) is 3.81. The van der Waals surface area contributed by atoms with Gasteiger partial charge in [-0.15, -0.1) is 0 Å². The number of hydrogen-bond acceptors (Lipinski definition) is 6. The van der Waals surface area contributed by atoms with Crippen LogP contribution in [0.5, 0.6) is 11.5 Å². The summed E-state index contributed by atoms with van der Waals surface area (Å²) in [6.07, 6.45) is 0. The first-order valence-electron chi connectivity index (χ1n) is 7.37. The Bertz CT molecular complexity index is 959. The number of ether oxygens (including phenoxy) is 2. The number of nitrogens with two attached hydrogens (primary N) is 1. The predicted molar refractivity (Wildman–Crippen MR) is 85.5 cm³/mol. The van der Waals surface area contributed by atoms with Crippen molar-refractivity contribution in [3.05, 3.63) is 59.5 Å². The highest BCUT2D eigenvalue weighted by atomic mass is 19.1. The fraction of sp³-hybridized carbons (Fsp3) is 0.118. The van der Waals surface area contributed by atoms with Crippen LogP contribution in [0.25, 0.3) is 11.4 Å². The minimum absolute atomic E-state index is 0.0622. The largest absolute Gasteiger partial charge is 0.497 e. The van der Waals surface area contributed by atoms with Crippen LogP contribution in [0.15, 0.2) is 40.9 Å². The average molecular weight is 361 g/mol. The van der Waals surface area contributed by atoms with Gasteiger partial charge < -0.3 is 19.7 Å². The molecule has 0 fully saturated rings. The lowest BCUT2D eigenvalue weighted by Crippen LogP contribution is -2.16. The molecule has 9 heteroatoms. The number of carbonyl (C=O) groups is 1. The Labute approximate surface area is 146 Å². The Balaban J connectivity index is 1.76. The number of nitrogens with zero attached hydrogens (tertiary/aromatic N) is 2. The van der Waals surface area contributed by atoms with E-state index in [1.807, 2.05) is 0 Å². The quantitative estimate of drug-likeness (QED) is 0.724. The number of carbonyl (C=O) groups excluding carboxylic acids is 1. The summed E-state index contributed by atoms with van der Waals surface area (Å²) >= 11 is 0. The molecule has 0 unspecified atom stereocenters. The Hall–Kier alpha value is -3.49. The van der Waals surface area contributed by atoms with E-state index in [-0.39, 0.29) is 18.2 Å². The van der Waals surface area contributed by atoms with Gasteiger partial charge in [-0.2, -0.15) is 4.98 Å². The molecule has 0 bridgehead atoms. The summed E-state index contributed by atoms with van der Waals surface area (Å²) in [5.74, 6) is -2.88. The first-order chi connectivity index (χ1) is 12.5. The summed E-state index contributed by atoms with van der Waals surface area (Å²) in [6, 6.07) is 8.93. The molecule has 0 aliphatic rings. The number of amides is 1. The van der Waals surface area contributed by atoms with Crippen molar-refractivity contribution in [1.82, 2.24) is 10.1 Å². The van der Waals surface area contributed by atoms with Crippen LogP contribution in [0.2, 0.25) is 0 Å². The van der Waals surface area contributed by atoms with Crippen LogP contribution in [0, 0.1) is 11.6 Å². The van der Waals surface area contributed by atoms with E-state index in [9.17, 15) is 13.6 Å². The van der Waals surface area contributed by atoms with Gasteiger partial charge in [-0.05, 0) is 24.3 Å². The lowest BCUT2D eigenvalue weighted by molar-refractivity contribution is 0.0991. The van der Waals surface area contributed by atoms with E-state index >= 15 is 0 Å². The molecule has 1 heterocycles. The molecule has 2 N–H and O–H groups in total. The normalized spacial score (nSPS) is 10.6. The maximum absolute atomic E-state index is 14.1. The van der Waals surface area contributed by atoms with Gasteiger partial charge in [0, 0.05) is 5.56 Å². The van der Waals surface area contributed by atoms with Gasteiger partial charge in [-0.25, -0.2) is 8.78 Å². The lowest BCUT2D eigenvalue weighted by Gasteiger charge is -2.07. The Morgan fingerprint density at radius 2 is 2.08 bits per heavy atom. The van der Waals surface area contributed by atoms with Gasteiger partial charge >= 0.3 is 0 Å². The van der Waals surface area contributed by atoms with Crippen molar-refractivity contribution < 1.29 is 27.6 Å². The van der Waals surface area contributed by atoms with Crippen LogP contribution in [0.1, 0.15) is 16.2 Å². The van der Waals surface area contributed by atoms with Gasteiger partial charge in [0.2, 0.25) is 5.82 Å². The Morgan fingerprint density at radius 3 is 2.81 bits per heavy atom. The molecule has 134 valence electrons. The number of hydrogen-bond donors (Lipinski definition) is 1. The third kappa shape index (κ3) is 3.46. The number of aromatic nitrogens is 2. The third-order valence-corrected chi connectivity index (χ3v) is 3.45. The molecular formula is C17H13F2N3O4. The van der Waals surface area contributed by atoms with Crippen LogP contribution in [-0.2, 0) is 6.61 Å². The molecule has 0 saturated heterocycles. The van der Waals surface area contributed by atoms with E-state index in [1.54, 1.807) is 24.3 Å². The first-order valence-corrected chi connectivity index (χ1v) is 7.37. The number of methoxy groups -OCH3 is 1. The van der Waals surface area contributed by atoms with Crippen LogP contribution in [-0.4, -0.2) is 23.2 Å². The molecule has 1 aromatic heterocycles. The fourth-order valence-electron chi connectivity index (χ4n) is 2.20. The van der Waals surface area contributed by atoms with Crippen molar-refractivity contribution in [2.75, 3.05) is 7.11 Å². The van der Waals surface area contributed by atoms with E-state index in [1.165, 1.54) is 7.11 Å². The Kier molecular flexibility index (Phi) is 4.78. The molecule has 2 aromatic carbocycles. The molecule has 26 heavy (non-hydrogen) atoms. The highest BCUT2D eigenvalue weighted by Crippen LogP contribution is 2.25. The molecule has 3 rings (SSSR count). The van der Waals surface area contributed by atoms with Crippen molar-refractivity contribution in [1.29, 1.82) is 0 Å². The monoisotopic (exact) mass is 361 g/mol. The van der Waals surface area contributed by atoms with Crippen molar-refractivity contribution in [3.63, 3.8) is 0 Å². The van der Waals surface area contributed by atoms with E-state index in [0.717, 1.165) is 12.1 Å². The Morgan fingerprint density at radius 1 is 1.27 bits per heavy atom. The first kappa shape index (κ1) is 17.3. The molecule has 3 aromatic rings. The second kappa shape index (κ2) is 7.18. The van der Waals surface area contributed by atoms with Crippen molar-refractivity contribution >= 4 is 5.91 Å². The lowest BCUT2D eigenvalue weighted by atomic mass is 10.1. The van der Waals surface area contributed by atoms with Crippen LogP contribution < -0.4 is 15.2 Å². The molecule has 0 saturated carbocycles. The van der Waals surface area contributed by atoms with Gasteiger partial charge in [0.1, 0.15) is 17.1 Å². The third-order valence-electron chi connectivity index (χ3n) is 3.45. The molecular weight excluding hydrogens is 348 g/mol. The maximum Gasteiger partial charge on any atom is 0.264 e. The summed E-state index contributed by atoms with van der Waals surface area (Å²) < 4.78 is 42.9. The van der Waals surface area contributed by atoms with Gasteiger partial charge in [-0.1, -0.05) is 17.3 Å². The van der Waals surface area contributed by atoms with E-state index in [0.29, 0.717) is 17.1 Å². The predicted octanol–water partition coefficient (Wildman–Crippen LogP) is 2.70. The number of rotatable bonds is 6. The van der Waals surface area contributed by atoms with Gasteiger partial charge in [0.05, 0.1) is 7.11 Å². The molecule has 0 atom stereocenters. The SMILES string of the molecule is COc1cccc(-c2noc(COc3ccc(F)c(C(N)=O)c3F)n2)c1. The summed E-state index contributed by atoms with van der Waals surface area (Å²) in [4.78, 5) is 15.2. The summed E-state index contributed by atoms with van der Waals surface area (Å²) in [5.41, 5.74) is 4.74. The standard InChI is InChI=1S/C17H13F2N3O4/c1-24-10-4-2-3-9(7-10)17-21-13(26-22-17)8-25-12-6-5-11(18)14(15(12)19)16(20)23/h2-7H,8H2,1H3,(H2,20,23). The number of halogens is 2. The van der Waals surface area contributed by atoms with E-state index < -0.39 is 23.1 Å². The minimum atomic E-state index is -1.23. The minimum Gasteiger partial charge on any atom is -0.497 e. The highest BCUT2D eigenvalue weighted by Gasteiger charge is 2.20. The van der Waals surface area contributed by atoms with E-state index in [2.05, 4.69) is 10.1 Å². The molecule has 0 aliphatic carbocycles. The zero-order valence-electron chi connectivity index (χ0n) is 13.5. The second-order valence-corrected chi connectivity index (χ2v) is 5.13. The molecule has 7 nitrogen and oxygen atoms in total. The molecule has 0 radical (unpaired) electrons. The van der Waals surface area contributed by atoms with Crippen molar-refractivity contribution in [2.24, 2.45) is 5.73 Å². The number of benzene rings is 2. The molecule has 0 aliphatic heterocycles. The van der Waals surface area contributed by atoms with Crippen molar-refractivity contribution in [3.8, 4) is 22.9 Å². The highest BCUT2D eigenvalue weighted by molar-refractivity contribution is 5.93. The smallest absolute Gasteiger partial charge is 0.264 e. The number of primary amides is 1. The zero-order chi connectivity index (χ0) is 18.7. The fourth-order valence-corrected chi connectivity index (χ4v) is 2.20. The topological polar surface area (TPSA) is 100 Å². The average Bonchev–Trinajstić information content (AvgIpc) is 3.10.